The zero-order chi connectivity index (χ0) is 17.1. The SMILES string of the molecule is COCCNCCNC(=O)CCNS(=O)(=O)c1ccc(C)cc1.Cl. The average Bonchev–Trinajstić information content (AvgIpc) is 2.51. The number of methoxy groups -OCH3 is 1. The molecule has 0 unspecified atom stereocenters. The molecule has 138 valence electrons. The van der Waals surface area contributed by atoms with Gasteiger partial charge in [0.25, 0.3) is 0 Å². The van der Waals surface area contributed by atoms with Gasteiger partial charge in [-0.2, -0.15) is 0 Å². The molecular weight excluding hydrogens is 354 g/mol. The Kier molecular flexibility index (Phi) is 11.6. The second-order valence-corrected chi connectivity index (χ2v) is 6.82. The topological polar surface area (TPSA) is 96.5 Å². The van der Waals surface area contributed by atoms with Gasteiger partial charge in [-0.05, 0) is 19.1 Å². The number of carbonyl (C=O) groups is 1. The average molecular weight is 380 g/mol. The number of hydrogen-bond donors (Lipinski definition) is 3. The molecular formula is C15H26ClN3O4S. The van der Waals surface area contributed by atoms with Crippen LogP contribution in [0.4, 0.5) is 0 Å². The summed E-state index contributed by atoms with van der Waals surface area (Å²) >= 11 is 0. The van der Waals surface area contributed by atoms with Crippen LogP contribution >= 0.6 is 12.4 Å². The fourth-order valence-electron chi connectivity index (χ4n) is 1.78. The minimum atomic E-state index is -3.56. The predicted molar refractivity (Wildman–Crippen MR) is 96.0 cm³/mol. The zero-order valence-electron chi connectivity index (χ0n) is 14.0. The van der Waals surface area contributed by atoms with Crippen LogP contribution in [0.3, 0.4) is 0 Å². The number of aryl methyl sites for hydroxylation is 1. The molecule has 0 saturated heterocycles. The standard InChI is InChI=1S/C15H25N3O4S.ClH/c1-13-3-5-14(6-4-13)23(20,21)18-8-7-15(19)17-10-9-16-11-12-22-2;/h3-6,16,18H,7-12H2,1-2H3,(H,17,19);1H. The molecule has 0 bridgehead atoms. The smallest absolute Gasteiger partial charge is 0.240 e. The number of halogens is 1. The van der Waals surface area contributed by atoms with Gasteiger partial charge in [0.1, 0.15) is 0 Å². The summed E-state index contributed by atoms with van der Waals surface area (Å²) in [5, 5.41) is 5.81. The quantitative estimate of drug-likeness (QED) is 0.485. The van der Waals surface area contributed by atoms with E-state index in [1.54, 1.807) is 31.4 Å². The molecule has 1 amide bonds. The van der Waals surface area contributed by atoms with Gasteiger partial charge in [0.2, 0.25) is 15.9 Å². The first-order chi connectivity index (χ1) is 11.0. The Balaban J connectivity index is 0.00000529. The number of amides is 1. The molecule has 0 radical (unpaired) electrons. The first-order valence-electron chi connectivity index (χ1n) is 7.48. The molecule has 1 rings (SSSR count). The molecule has 0 atom stereocenters. The van der Waals surface area contributed by atoms with Crippen molar-refractivity contribution in [3.05, 3.63) is 29.8 Å². The fourth-order valence-corrected chi connectivity index (χ4v) is 2.81. The third kappa shape index (κ3) is 9.19. The van der Waals surface area contributed by atoms with Gasteiger partial charge in [-0.1, -0.05) is 17.7 Å². The van der Waals surface area contributed by atoms with Crippen LogP contribution in [0, 0.1) is 6.92 Å². The lowest BCUT2D eigenvalue weighted by Gasteiger charge is -2.08. The molecule has 24 heavy (non-hydrogen) atoms. The number of nitrogens with one attached hydrogen (secondary N) is 3. The van der Waals surface area contributed by atoms with Crippen molar-refractivity contribution in [2.24, 2.45) is 0 Å². The Bertz CT molecular complexity index is 579. The van der Waals surface area contributed by atoms with Crippen LogP contribution in [-0.4, -0.2) is 54.2 Å². The predicted octanol–water partition coefficient (Wildman–Crippen LogP) is 0.437. The lowest BCUT2D eigenvalue weighted by Crippen LogP contribution is -2.35. The summed E-state index contributed by atoms with van der Waals surface area (Å²) in [6.45, 7) is 4.44. The minimum absolute atomic E-state index is 0. The normalized spacial score (nSPS) is 10.9. The summed E-state index contributed by atoms with van der Waals surface area (Å²) in [5.74, 6) is -0.190. The van der Waals surface area contributed by atoms with E-state index in [4.69, 9.17) is 4.74 Å². The number of rotatable bonds is 11. The van der Waals surface area contributed by atoms with Gasteiger partial charge in [0, 0.05) is 39.7 Å². The van der Waals surface area contributed by atoms with Crippen molar-refractivity contribution in [3.8, 4) is 0 Å². The van der Waals surface area contributed by atoms with Crippen molar-refractivity contribution in [1.82, 2.24) is 15.4 Å². The van der Waals surface area contributed by atoms with E-state index < -0.39 is 10.0 Å². The van der Waals surface area contributed by atoms with Crippen LogP contribution in [0.2, 0.25) is 0 Å². The Labute approximate surface area is 150 Å². The molecule has 0 aliphatic carbocycles. The summed E-state index contributed by atoms with van der Waals surface area (Å²) < 4.78 is 31.3. The molecule has 0 heterocycles. The molecule has 0 aromatic heterocycles. The highest BCUT2D eigenvalue weighted by molar-refractivity contribution is 7.89. The van der Waals surface area contributed by atoms with Crippen LogP contribution in [0.5, 0.6) is 0 Å². The van der Waals surface area contributed by atoms with Crippen molar-refractivity contribution < 1.29 is 17.9 Å². The van der Waals surface area contributed by atoms with E-state index in [-0.39, 0.29) is 36.2 Å². The molecule has 0 aliphatic heterocycles. The van der Waals surface area contributed by atoms with E-state index >= 15 is 0 Å². The van der Waals surface area contributed by atoms with Crippen molar-refractivity contribution in [2.45, 2.75) is 18.2 Å². The Morgan fingerprint density at radius 3 is 2.38 bits per heavy atom. The molecule has 3 N–H and O–H groups in total. The lowest BCUT2D eigenvalue weighted by molar-refractivity contribution is -0.120. The Hall–Kier alpha value is -1.19. The summed E-state index contributed by atoms with van der Waals surface area (Å²) in [5.41, 5.74) is 0.988. The molecule has 1 aromatic carbocycles. The number of sulfonamides is 1. The fraction of sp³-hybridized carbons (Fsp3) is 0.533. The molecule has 7 nitrogen and oxygen atoms in total. The number of hydrogen-bond acceptors (Lipinski definition) is 5. The highest BCUT2D eigenvalue weighted by atomic mass is 35.5. The van der Waals surface area contributed by atoms with Gasteiger partial charge < -0.3 is 15.4 Å². The highest BCUT2D eigenvalue weighted by Gasteiger charge is 2.13. The Morgan fingerprint density at radius 2 is 1.75 bits per heavy atom. The van der Waals surface area contributed by atoms with Crippen molar-refractivity contribution >= 4 is 28.3 Å². The van der Waals surface area contributed by atoms with Gasteiger partial charge in [0.05, 0.1) is 11.5 Å². The summed E-state index contributed by atoms with van der Waals surface area (Å²) in [4.78, 5) is 11.8. The first kappa shape index (κ1) is 22.8. The number of ether oxygens (including phenoxy) is 1. The molecule has 0 spiro atoms. The van der Waals surface area contributed by atoms with Crippen LogP contribution in [0.1, 0.15) is 12.0 Å². The zero-order valence-corrected chi connectivity index (χ0v) is 15.6. The molecule has 0 saturated carbocycles. The third-order valence-corrected chi connectivity index (χ3v) is 4.56. The van der Waals surface area contributed by atoms with Crippen LogP contribution in [-0.2, 0) is 19.6 Å². The molecule has 9 heteroatoms. The maximum absolute atomic E-state index is 12.0. The van der Waals surface area contributed by atoms with E-state index in [2.05, 4.69) is 15.4 Å². The maximum atomic E-state index is 12.0. The Morgan fingerprint density at radius 1 is 1.08 bits per heavy atom. The highest BCUT2D eigenvalue weighted by Crippen LogP contribution is 2.09. The van der Waals surface area contributed by atoms with Gasteiger partial charge >= 0.3 is 0 Å². The van der Waals surface area contributed by atoms with E-state index in [0.29, 0.717) is 19.7 Å². The van der Waals surface area contributed by atoms with Crippen LogP contribution < -0.4 is 15.4 Å². The summed E-state index contributed by atoms with van der Waals surface area (Å²) in [7, 11) is -1.94. The van der Waals surface area contributed by atoms with Gasteiger partial charge in [-0.3, -0.25) is 4.79 Å². The summed E-state index contributed by atoms with van der Waals surface area (Å²) in [6, 6.07) is 6.56. The van der Waals surface area contributed by atoms with Crippen molar-refractivity contribution in [2.75, 3.05) is 39.9 Å². The first-order valence-corrected chi connectivity index (χ1v) is 8.96. The van der Waals surface area contributed by atoms with Crippen LogP contribution in [0.25, 0.3) is 0 Å². The number of carbonyl (C=O) groups excluding carboxylic acids is 1. The van der Waals surface area contributed by atoms with Gasteiger partial charge in [-0.15, -0.1) is 12.4 Å². The number of benzene rings is 1. The van der Waals surface area contributed by atoms with E-state index in [9.17, 15) is 13.2 Å². The monoisotopic (exact) mass is 379 g/mol. The minimum Gasteiger partial charge on any atom is -0.383 e. The lowest BCUT2D eigenvalue weighted by atomic mass is 10.2. The van der Waals surface area contributed by atoms with Crippen molar-refractivity contribution in [1.29, 1.82) is 0 Å². The second-order valence-electron chi connectivity index (χ2n) is 5.05. The van der Waals surface area contributed by atoms with Crippen molar-refractivity contribution in [3.63, 3.8) is 0 Å². The molecule has 0 fully saturated rings. The summed E-state index contributed by atoms with van der Waals surface area (Å²) in [6.07, 6.45) is 0.100. The van der Waals surface area contributed by atoms with Crippen LogP contribution in [0.15, 0.2) is 29.2 Å². The van der Waals surface area contributed by atoms with Gasteiger partial charge in [0.15, 0.2) is 0 Å². The van der Waals surface area contributed by atoms with E-state index in [0.717, 1.165) is 12.1 Å². The van der Waals surface area contributed by atoms with Gasteiger partial charge in [-0.25, -0.2) is 13.1 Å². The maximum Gasteiger partial charge on any atom is 0.240 e. The molecule has 0 aliphatic rings. The largest absolute Gasteiger partial charge is 0.383 e. The molecule has 1 aromatic rings. The van der Waals surface area contributed by atoms with E-state index in [1.807, 2.05) is 6.92 Å². The second kappa shape index (κ2) is 12.2. The van der Waals surface area contributed by atoms with E-state index in [1.165, 1.54) is 0 Å². The third-order valence-electron chi connectivity index (χ3n) is 3.08.